The van der Waals surface area contributed by atoms with Crippen molar-refractivity contribution in [2.45, 2.75) is 13.1 Å². The number of thiophene rings is 1. The summed E-state index contributed by atoms with van der Waals surface area (Å²) >= 11 is 3.44. The fourth-order valence-electron chi connectivity index (χ4n) is 1.89. The number of hydrogen-bond donors (Lipinski definition) is 1. The van der Waals surface area contributed by atoms with Gasteiger partial charge < -0.3 is 5.32 Å². The van der Waals surface area contributed by atoms with Crippen LogP contribution in [-0.4, -0.2) is 4.98 Å². The van der Waals surface area contributed by atoms with Gasteiger partial charge in [0.25, 0.3) is 0 Å². The number of nitrogens with zero attached hydrogens (tertiary/aromatic N) is 1. The molecule has 0 spiro atoms. The van der Waals surface area contributed by atoms with E-state index in [0.29, 0.717) is 0 Å². The molecule has 2 heterocycles. The molecule has 2 nitrogen and oxygen atoms in total. The molecule has 0 atom stereocenters. The van der Waals surface area contributed by atoms with Crippen LogP contribution >= 0.6 is 22.7 Å². The highest BCUT2D eigenvalue weighted by Gasteiger charge is 2.02. The molecule has 0 bridgehead atoms. The summed E-state index contributed by atoms with van der Waals surface area (Å²) in [4.78, 5) is 5.62. The number of nitrogens with one attached hydrogen (secondary N) is 1. The molecule has 19 heavy (non-hydrogen) atoms. The standard InChI is InChI=1S/C15H14N2S2/c1-2-4-12(5-3-1)13-6-15(19-9-13)8-16-7-14-10-18-11-17-14/h1-6,9-11,16H,7-8H2. The normalized spacial score (nSPS) is 10.7. The largest absolute Gasteiger partial charge is 0.306 e. The number of hydrogen-bond acceptors (Lipinski definition) is 4. The minimum absolute atomic E-state index is 0.835. The van der Waals surface area contributed by atoms with E-state index in [0.717, 1.165) is 18.8 Å². The van der Waals surface area contributed by atoms with Gasteiger partial charge in [-0.25, -0.2) is 4.98 Å². The first-order valence-electron chi connectivity index (χ1n) is 6.12. The number of thiazole rings is 1. The van der Waals surface area contributed by atoms with Crippen molar-refractivity contribution in [2.75, 3.05) is 0 Å². The van der Waals surface area contributed by atoms with Crippen LogP contribution < -0.4 is 5.32 Å². The van der Waals surface area contributed by atoms with Crippen molar-refractivity contribution >= 4 is 22.7 Å². The molecule has 1 N–H and O–H groups in total. The number of aromatic nitrogens is 1. The third-order valence-electron chi connectivity index (χ3n) is 2.85. The Hall–Kier alpha value is -1.49. The van der Waals surface area contributed by atoms with Crippen molar-refractivity contribution in [3.63, 3.8) is 0 Å². The Balaban J connectivity index is 1.59. The van der Waals surface area contributed by atoms with Gasteiger partial charge in [0.1, 0.15) is 0 Å². The molecule has 0 radical (unpaired) electrons. The quantitative estimate of drug-likeness (QED) is 0.761. The van der Waals surface area contributed by atoms with Crippen LogP contribution in [0.5, 0.6) is 0 Å². The van der Waals surface area contributed by atoms with Crippen LogP contribution in [0, 0.1) is 0 Å². The molecule has 0 aliphatic rings. The summed E-state index contributed by atoms with van der Waals surface area (Å²) in [5.41, 5.74) is 5.57. The predicted molar refractivity (Wildman–Crippen MR) is 82.4 cm³/mol. The van der Waals surface area contributed by atoms with Crippen LogP contribution in [0.3, 0.4) is 0 Å². The van der Waals surface area contributed by atoms with Gasteiger partial charge >= 0.3 is 0 Å². The van der Waals surface area contributed by atoms with Gasteiger partial charge in [-0.2, -0.15) is 0 Å². The SMILES string of the molecule is c1ccc(-c2csc(CNCc3cscn3)c2)cc1. The predicted octanol–water partition coefficient (Wildman–Crippen LogP) is 4.16. The molecule has 0 aliphatic carbocycles. The molecule has 0 aliphatic heterocycles. The van der Waals surface area contributed by atoms with Gasteiger partial charge in [0.05, 0.1) is 11.2 Å². The Morgan fingerprint density at radius 1 is 1.00 bits per heavy atom. The lowest BCUT2D eigenvalue weighted by Gasteiger charge is -1.99. The van der Waals surface area contributed by atoms with Gasteiger partial charge in [-0.1, -0.05) is 30.3 Å². The van der Waals surface area contributed by atoms with E-state index >= 15 is 0 Å². The number of rotatable bonds is 5. The van der Waals surface area contributed by atoms with E-state index < -0.39 is 0 Å². The smallest absolute Gasteiger partial charge is 0.0795 e. The molecule has 0 amide bonds. The Bertz CT molecular complexity index is 615. The molecular formula is C15H14N2S2. The monoisotopic (exact) mass is 286 g/mol. The van der Waals surface area contributed by atoms with Crippen molar-refractivity contribution < 1.29 is 0 Å². The summed E-state index contributed by atoms with van der Waals surface area (Å²) in [6, 6.07) is 12.8. The zero-order chi connectivity index (χ0) is 12.9. The Morgan fingerprint density at radius 2 is 1.89 bits per heavy atom. The van der Waals surface area contributed by atoms with Crippen molar-refractivity contribution in [1.29, 1.82) is 0 Å². The Morgan fingerprint density at radius 3 is 2.68 bits per heavy atom. The maximum Gasteiger partial charge on any atom is 0.0795 e. The summed E-state index contributed by atoms with van der Waals surface area (Å²) in [6.07, 6.45) is 0. The summed E-state index contributed by atoms with van der Waals surface area (Å²) < 4.78 is 0. The van der Waals surface area contributed by atoms with Crippen molar-refractivity contribution in [2.24, 2.45) is 0 Å². The van der Waals surface area contributed by atoms with E-state index in [1.165, 1.54) is 16.0 Å². The first-order chi connectivity index (χ1) is 9.42. The fraction of sp³-hybridized carbons (Fsp3) is 0.133. The highest BCUT2D eigenvalue weighted by atomic mass is 32.1. The first-order valence-corrected chi connectivity index (χ1v) is 7.95. The second-order valence-electron chi connectivity index (χ2n) is 4.25. The fourth-order valence-corrected chi connectivity index (χ4v) is 3.32. The summed E-state index contributed by atoms with van der Waals surface area (Å²) in [5.74, 6) is 0. The maximum absolute atomic E-state index is 4.26. The van der Waals surface area contributed by atoms with Crippen molar-refractivity contribution in [3.8, 4) is 11.1 Å². The minimum Gasteiger partial charge on any atom is -0.306 e. The van der Waals surface area contributed by atoms with Crippen LogP contribution in [0.4, 0.5) is 0 Å². The highest BCUT2D eigenvalue weighted by Crippen LogP contribution is 2.25. The van der Waals surface area contributed by atoms with Gasteiger partial charge in [-0.05, 0) is 22.6 Å². The first kappa shape index (κ1) is 12.5. The lowest BCUT2D eigenvalue weighted by molar-refractivity contribution is 0.690. The number of benzene rings is 1. The van der Waals surface area contributed by atoms with Gasteiger partial charge in [-0.3, -0.25) is 0 Å². The average Bonchev–Trinajstić information content (AvgIpc) is 3.11. The topological polar surface area (TPSA) is 24.9 Å². The molecular weight excluding hydrogens is 272 g/mol. The van der Waals surface area contributed by atoms with E-state index in [2.05, 4.69) is 51.4 Å². The van der Waals surface area contributed by atoms with E-state index in [1.54, 1.807) is 22.7 Å². The van der Waals surface area contributed by atoms with Crippen LogP contribution in [0.15, 0.2) is 52.7 Å². The Labute approximate surface area is 120 Å². The van der Waals surface area contributed by atoms with E-state index in [-0.39, 0.29) is 0 Å². The molecule has 96 valence electrons. The highest BCUT2D eigenvalue weighted by molar-refractivity contribution is 7.10. The molecule has 0 fully saturated rings. The van der Waals surface area contributed by atoms with Gasteiger partial charge in [0.15, 0.2) is 0 Å². The Kier molecular flexibility index (Phi) is 4.03. The van der Waals surface area contributed by atoms with Crippen LogP contribution in [0.2, 0.25) is 0 Å². The van der Waals surface area contributed by atoms with Gasteiger partial charge in [0, 0.05) is 23.3 Å². The maximum atomic E-state index is 4.26. The average molecular weight is 286 g/mol. The third-order valence-corrected chi connectivity index (χ3v) is 4.42. The molecule has 3 aromatic rings. The molecule has 4 heteroatoms. The lowest BCUT2D eigenvalue weighted by Crippen LogP contribution is -2.11. The van der Waals surface area contributed by atoms with Crippen molar-refractivity contribution in [1.82, 2.24) is 10.3 Å². The molecule has 3 rings (SSSR count). The second-order valence-corrected chi connectivity index (χ2v) is 5.97. The molecule has 0 saturated carbocycles. The van der Waals surface area contributed by atoms with Gasteiger partial charge in [-0.15, -0.1) is 22.7 Å². The third kappa shape index (κ3) is 3.29. The van der Waals surface area contributed by atoms with E-state index in [1.807, 2.05) is 11.6 Å². The second kappa shape index (κ2) is 6.10. The summed E-state index contributed by atoms with van der Waals surface area (Å²) in [5, 5.41) is 7.72. The summed E-state index contributed by atoms with van der Waals surface area (Å²) in [6.45, 7) is 1.73. The zero-order valence-electron chi connectivity index (χ0n) is 10.4. The van der Waals surface area contributed by atoms with E-state index in [9.17, 15) is 0 Å². The minimum atomic E-state index is 0.835. The summed E-state index contributed by atoms with van der Waals surface area (Å²) in [7, 11) is 0. The van der Waals surface area contributed by atoms with Crippen molar-refractivity contribution in [3.05, 3.63) is 63.2 Å². The molecule has 1 aromatic carbocycles. The zero-order valence-corrected chi connectivity index (χ0v) is 12.0. The molecule has 0 unspecified atom stereocenters. The van der Waals surface area contributed by atoms with Crippen LogP contribution in [0.1, 0.15) is 10.6 Å². The van der Waals surface area contributed by atoms with Crippen LogP contribution in [-0.2, 0) is 13.1 Å². The van der Waals surface area contributed by atoms with Gasteiger partial charge in [0.2, 0.25) is 0 Å². The van der Waals surface area contributed by atoms with E-state index in [4.69, 9.17) is 0 Å². The van der Waals surface area contributed by atoms with Crippen LogP contribution in [0.25, 0.3) is 11.1 Å². The lowest BCUT2D eigenvalue weighted by atomic mass is 10.1. The molecule has 0 saturated heterocycles. The molecule has 2 aromatic heterocycles.